The molecule has 1 fully saturated rings. The quantitative estimate of drug-likeness (QED) is 0.580. The summed E-state index contributed by atoms with van der Waals surface area (Å²) in [6, 6.07) is 15.8. The molecule has 2 heterocycles. The number of nitrogens with zero attached hydrogens (tertiary/aromatic N) is 1. The van der Waals surface area contributed by atoms with Crippen LogP contribution in [0.4, 0.5) is 0 Å². The molecule has 3 aromatic rings. The summed E-state index contributed by atoms with van der Waals surface area (Å²) in [6.07, 6.45) is 3.78. The smallest absolute Gasteiger partial charge is 0.342 e. The first-order chi connectivity index (χ1) is 13.3. The van der Waals surface area contributed by atoms with Crippen LogP contribution >= 0.6 is 0 Å². The molecule has 0 amide bonds. The average Bonchev–Trinajstić information content (AvgIpc) is 3.10. The summed E-state index contributed by atoms with van der Waals surface area (Å²) < 4.78 is 11.6. The van der Waals surface area contributed by atoms with Crippen LogP contribution in [0.1, 0.15) is 42.1 Å². The zero-order chi connectivity index (χ0) is 18.6. The van der Waals surface area contributed by atoms with Crippen molar-refractivity contribution in [3.63, 3.8) is 0 Å². The minimum absolute atomic E-state index is 0.318. The number of fused-ring (bicyclic) bond motifs is 1. The van der Waals surface area contributed by atoms with Gasteiger partial charge in [0, 0.05) is 17.5 Å². The largest absolute Gasteiger partial charge is 0.462 e. The standard InChI is InChI=1S/C23H25NO3/c1-2-26-23(25)21-20-18(16-24-14-7-4-8-15-24)12-9-13-19(20)27-22(21)17-10-5-3-6-11-17/h3,5-6,9-13H,2,4,7-8,14-16H2,1H3. The van der Waals surface area contributed by atoms with Crippen molar-refractivity contribution < 1.29 is 13.9 Å². The van der Waals surface area contributed by atoms with Crippen molar-refractivity contribution >= 4 is 16.9 Å². The Morgan fingerprint density at radius 1 is 1.04 bits per heavy atom. The molecule has 0 N–H and O–H groups in total. The highest BCUT2D eigenvalue weighted by atomic mass is 16.5. The first-order valence-corrected chi connectivity index (χ1v) is 9.77. The van der Waals surface area contributed by atoms with Crippen LogP contribution in [0.2, 0.25) is 0 Å². The van der Waals surface area contributed by atoms with Crippen LogP contribution in [0.3, 0.4) is 0 Å². The first kappa shape index (κ1) is 17.8. The van der Waals surface area contributed by atoms with Gasteiger partial charge in [0.05, 0.1) is 6.61 Å². The van der Waals surface area contributed by atoms with E-state index in [4.69, 9.17) is 9.15 Å². The van der Waals surface area contributed by atoms with Gasteiger partial charge in [0.2, 0.25) is 0 Å². The van der Waals surface area contributed by atoms with Gasteiger partial charge < -0.3 is 9.15 Å². The van der Waals surface area contributed by atoms with Crippen molar-refractivity contribution in [3.05, 3.63) is 59.7 Å². The minimum atomic E-state index is -0.318. The summed E-state index contributed by atoms with van der Waals surface area (Å²) >= 11 is 0. The predicted molar refractivity (Wildman–Crippen MR) is 107 cm³/mol. The molecule has 0 unspecified atom stereocenters. The molecule has 4 nitrogen and oxygen atoms in total. The highest BCUT2D eigenvalue weighted by molar-refractivity contribution is 6.10. The molecular weight excluding hydrogens is 338 g/mol. The predicted octanol–water partition coefficient (Wildman–Crippen LogP) is 5.26. The van der Waals surface area contributed by atoms with E-state index in [9.17, 15) is 4.79 Å². The number of hydrogen-bond donors (Lipinski definition) is 0. The normalized spacial score (nSPS) is 15.1. The van der Waals surface area contributed by atoms with Gasteiger partial charge in [0.15, 0.2) is 0 Å². The van der Waals surface area contributed by atoms with Crippen LogP contribution in [-0.2, 0) is 11.3 Å². The Hall–Kier alpha value is -2.59. The highest BCUT2D eigenvalue weighted by Gasteiger charge is 2.25. The molecule has 4 heteroatoms. The number of esters is 1. The van der Waals surface area contributed by atoms with Gasteiger partial charge >= 0.3 is 5.97 Å². The fourth-order valence-electron chi connectivity index (χ4n) is 3.90. The molecule has 140 valence electrons. The maximum absolute atomic E-state index is 12.9. The van der Waals surface area contributed by atoms with Crippen LogP contribution < -0.4 is 0 Å². The number of hydrogen-bond acceptors (Lipinski definition) is 4. The van der Waals surface area contributed by atoms with E-state index in [1.807, 2.05) is 49.4 Å². The summed E-state index contributed by atoms with van der Waals surface area (Å²) in [7, 11) is 0. The second-order valence-electron chi connectivity index (χ2n) is 7.02. The average molecular weight is 363 g/mol. The van der Waals surface area contributed by atoms with Gasteiger partial charge in [-0.05, 0) is 44.5 Å². The van der Waals surface area contributed by atoms with E-state index < -0.39 is 0 Å². The molecule has 1 aromatic heterocycles. The van der Waals surface area contributed by atoms with Gasteiger partial charge in [0.25, 0.3) is 0 Å². The van der Waals surface area contributed by atoms with Crippen LogP contribution in [0.25, 0.3) is 22.3 Å². The van der Waals surface area contributed by atoms with Gasteiger partial charge in [0.1, 0.15) is 16.9 Å². The van der Waals surface area contributed by atoms with Crippen LogP contribution in [0.5, 0.6) is 0 Å². The van der Waals surface area contributed by atoms with Crippen molar-refractivity contribution in [1.82, 2.24) is 4.90 Å². The Balaban J connectivity index is 1.85. The molecular formula is C23H25NO3. The lowest BCUT2D eigenvalue weighted by atomic mass is 10.0. The zero-order valence-corrected chi connectivity index (χ0v) is 15.7. The second-order valence-corrected chi connectivity index (χ2v) is 7.02. The van der Waals surface area contributed by atoms with E-state index in [-0.39, 0.29) is 5.97 Å². The van der Waals surface area contributed by atoms with E-state index >= 15 is 0 Å². The van der Waals surface area contributed by atoms with E-state index in [1.54, 1.807) is 0 Å². The lowest BCUT2D eigenvalue weighted by molar-refractivity contribution is 0.0528. The van der Waals surface area contributed by atoms with E-state index in [2.05, 4.69) is 11.0 Å². The van der Waals surface area contributed by atoms with Gasteiger partial charge in [-0.3, -0.25) is 4.90 Å². The minimum Gasteiger partial charge on any atom is -0.462 e. The van der Waals surface area contributed by atoms with Gasteiger partial charge in [-0.25, -0.2) is 4.79 Å². The Bertz CT molecular complexity index is 923. The molecule has 1 saturated heterocycles. The number of ether oxygens (including phenoxy) is 1. The Morgan fingerprint density at radius 3 is 2.56 bits per heavy atom. The fraction of sp³-hybridized carbons (Fsp3) is 0.348. The molecule has 1 aliphatic rings. The Morgan fingerprint density at radius 2 is 1.81 bits per heavy atom. The fourth-order valence-corrected chi connectivity index (χ4v) is 3.90. The number of furan rings is 1. The van der Waals surface area contributed by atoms with Gasteiger partial charge in [-0.1, -0.05) is 48.9 Å². The lowest BCUT2D eigenvalue weighted by Gasteiger charge is -2.26. The summed E-state index contributed by atoms with van der Waals surface area (Å²) in [4.78, 5) is 15.3. The summed E-state index contributed by atoms with van der Waals surface area (Å²) in [5.74, 6) is 0.274. The number of benzene rings is 2. The summed E-state index contributed by atoms with van der Waals surface area (Å²) in [5, 5.41) is 0.889. The van der Waals surface area contributed by atoms with Crippen LogP contribution in [-0.4, -0.2) is 30.6 Å². The number of likely N-dealkylation sites (tertiary alicyclic amines) is 1. The monoisotopic (exact) mass is 363 g/mol. The zero-order valence-electron chi connectivity index (χ0n) is 15.7. The number of piperidine rings is 1. The number of rotatable bonds is 5. The molecule has 0 saturated carbocycles. The molecule has 27 heavy (non-hydrogen) atoms. The van der Waals surface area contributed by atoms with Gasteiger partial charge in [-0.15, -0.1) is 0 Å². The SMILES string of the molecule is CCOC(=O)c1c(-c2ccccc2)oc2cccc(CN3CCCCC3)c12. The summed E-state index contributed by atoms with van der Waals surface area (Å²) in [6.45, 7) is 5.21. The molecule has 0 aliphatic carbocycles. The lowest BCUT2D eigenvalue weighted by Crippen LogP contribution is -2.29. The Kier molecular flexibility index (Phi) is 5.26. The third-order valence-corrected chi connectivity index (χ3v) is 5.16. The molecule has 2 aromatic carbocycles. The third kappa shape index (κ3) is 3.62. The van der Waals surface area contributed by atoms with E-state index in [0.717, 1.165) is 41.7 Å². The van der Waals surface area contributed by atoms with Crippen molar-refractivity contribution in [2.75, 3.05) is 19.7 Å². The van der Waals surface area contributed by atoms with E-state index in [1.165, 1.54) is 19.3 Å². The van der Waals surface area contributed by atoms with Crippen LogP contribution in [0, 0.1) is 0 Å². The molecule has 1 aliphatic heterocycles. The van der Waals surface area contributed by atoms with Crippen molar-refractivity contribution in [2.24, 2.45) is 0 Å². The highest BCUT2D eigenvalue weighted by Crippen LogP contribution is 2.36. The van der Waals surface area contributed by atoms with E-state index in [0.29, 0.717) is 17.9 Å². The summed E-state index contributed by atoms with van der Waals surface area (Å²) in [5.41, 5.74) is 3.31. The first-order valence-electron chi connectivity index (χ1n) is 9.77. The van der Waals surface area contributed by atoms with Gasteiger partial charge in [-0.2, -0.15) is 0 Å². The molecule has 0 atom stereocenters. The van der Waals surface area contributed by atoms with Crippen molar-refractivity contribution in [1.29, 1.82) is 0 Å². The maximum atomic E-state index is 12.9. The third-order valence-electron chi connectivity index (χ3n) is 5.16. The van der Waals surface area contributed by atoms with Crippen LogP contribution in [0.15, 0.2) is 52.9 Å². The van der Waals surface area contributed by atoms with Crippen molar-refractivity contribution in [3.8, 4) is 11.3 Å². The second kappa shape index (κ2) is 7.97. The topological polar surface area (TPSA) is 42.7 Å². The maximum Gasteiger partial charge on any atom is 0.342 e. The molecule has 0 spiro atoms. The van der Waals surface area contributed by atoms with Crippen molar-refractivity contribution in [2.45, 2.75) is 32.7 Å². The molecule has 0 radical (unpaired) electrons. The molecule has 4 rings (SSSR count). The number of carbonyl (C=O) groups excluding carboxylic acids is 1. The number of carbonyl (C=O) groups is 1. The Labute approximate surface area is 159 Å². The molecule has 0 bridgehead atoms.